The lowest BCUT2D eigenvalue weighted by molar-refractivity contribution is -0.139. The van der Waals surface area contributed by atoms with E-state index in [4.69, 9.17) is 0 Å². The summed E-state index contributed by atoms with van der Waals surface area (Å²) in [7, 11) is 0. The van der Waals surface area contributed by atoms with Gasteiger partial charge < -0.3 is 14.8 Å². The molecule has 0 saturated carbocycles. The van der Waals surface area contributed by atoms with Crippen molar-refractivity contribution < 1.29 is 18.0 Å². The maximum Gasteiger partial charge on any atom is 0.421 e. The van der Waals surface area contributed by atoms with Crippen molar-refractivity contribution in [3.05, 3.63) is 34.2 Å². The van der Waals surface area contributed by atoms with Crippen LogP contribution in [0.15, 0.2) is 23.1 Å². The van der Waals surface area contributed by atoms with Crippen LogP contribution in [0.25, 0.3) is 0 Å². The van der Waals surface area contributed by atoms with Crippen molar-refractivity contribution in [1.82, 2.24) is 14.8 Å². The number of nitrogens with zero attached hydrogens (tertiary/aromatic N) is 2. The van der Waals surface area contributed by atoms with E-state index >= 15 is 0 Å². The van der Waals surface area contributed by atoms with Gasteiger partial charge in [0.15, 0.2) is 0 Å². The predicted octanol–water partition coefficient (Wildman–Crippen LogP) is 1.96. The van der Waals surface area contributed by atoms with Crippen LogP contribution < -0.4 is 10.9 Å². The van der Waals surface area contributed by atoms with E-state index in [0.717, 1.165) is 29.8 Å². The van der Waals surface area contributed by atoms with Crippen LogP contribution in [0.5, 0.6) is 0 Å². The van der Waals surface area contributed by atoms with Gasteiger partial charge >= 0.3 is 6.18 Å². The zero-order valence-corrected chi connectivity index (χ0v) is 14.5. The molecule has 2 unspecified atom stereocenters. The lowest BCUT2D eigenvalue weighted by Crippen LogP contribution is -2.43. The maximum atomic E-state index is 12.7. The van der Waals surface area contributed by atoms with Crippen LogP contribution in [0.1, 0.15) is 25.8 Å². The highest BCUT2D eigenvalue weighted by molar-refractivity contribution is 5.75. The zero-order chi connectivity index (χ0) is 18.6. The maximum absolute atomic E-state index is 12.7. The molecular weight excluding hydrogens is 335 g/mol. The van der Waals surface area contributed by atoms with E-state index in [2.05, 4.69) is 24.1 Å². The SMILES string of the molecule is CC1CC(C)CN(CCNC(=O)Cn2cccc(C(F)(F)F)c2=O)C1. The fourth-order valence-corrected chi connectivity index (χ4v) is 3.42. The van der Waals surface area contributed by atoms with Gasteiger partial charge in [-0.05, 0) is 30.4 Å². The third-order valence-corrected chi connectivity index (χ3v) is 4.33. The number of rotatable bonds is 5. The summed E-state index contributed by atoms with van der Waals surface area (Å²) in [5.41, 5.74) is -2.47. The topological polar surface area (TPSA) is 54.3 Å². The first-order valence-electron chi connectivity index (χ1n) is 8.42. The second-order valence-electron chi connectivity index (χ2n) is 6.91. The Morgan fingerprint density at radius 1 is 1.28 bits per heavy atom. The second-order valence-corrected chi connectivity index (χ2v) is 6.91. The number of pyridine rings is 1. The molecule has 8 heteroatoms. The minimum Gasteiger partial charge on any atom is -0.353 e. The number of piperidine rings is 1. The molecular formula is C17H24F3N3O2. The van der Waals surface area contributed by atoms with Crippen LogP contribution in [0.3, 0.4) is 0 Å². The van der Waals surface area contributed by atoms with Crippen LogP contribution in [-0.2, 0) is 17.5 Å². The molecule has 2 atom stereocenters. The molecule has 0 spiro atoms. The van der Waals surface area contributed by atoms with Gasteiger partial charge in [0.1, 0.15) is 12.1 Å². The predicted molar refractivity (Wildman–Crippen MR) is 88.1 cm³/mol. The van der Waals surface area contributed by atoms with Crippen molar-refractivity contribution in [3.8, 4) is 0 Å². The quantitative estimate of drug-likeness (QED) is 0.875. The zero-order valence-electron chi connectivity index (χ0n) is 14.5. The number of carbonyl (C=O) groups is 1. The number of nitrogens with one attached hydrogen (secondary N) is 1. The molecule has 0 aromatic carbocycles. The first-order chi connectivity index (χ1) is 11.7. The lowest BCUT2D eigenvalue weighted by atomic mass is 9.92. The van der Waals surface area contributed by atoms with Gasteiger partial charge in [0.25, 0.3) is 5.56 Å². The van der Waals surface area contributed by atoms with Crippen LogP contribution >= 0.6 is 0 Å². The molecule has 2 rings (SSSR count). The van der Waals surface area contributed by atoms with Crippen molar-refractivity contribution >= 4 is 5.91 Å². The van der Waals surface area contributed by atoms with Crippen LogP contribution in [0, 0.1) is 11.8 Å². The minimum atomic E-state index is -4.72. The van der Waals surface area contributed by atoms with Crippen molar-refractivity contribution in [2.45, 2.75) is 33.0 Å². The number of hydrogen-bond acceptors (Lipinski definition) is 3. The average molecular weight is 359 g/mol. The molecule has 1 aromatic rings. The molecule has 1 fully saturated rings. The Hall–Kier alpha value is -1.83. The van der Waals surface area contributed by atoms with Gasteiger partial charge in [0.2, 0.25) is 5.91 Å². The Labute approximate surface area is 144 Å². The second kappa shape index (κ2) is 8.03. The Bertz CT molecular complexity index is 647. The van der Waals surface area contributed by atoms with E-state index < -0.39 is 29.8 Å². The molecule has 5 nitrogen and oxygen atoms in total. The first-order valence-corrected chi connectivity index (χ1v) is 8.42. The Balaban J connectivity index is 1.86. The fraction of sp³-hybridized carbons (Fsp3) is 0.647. The monoisotopic (exact) mass is 359 g/mol. The number of carbonyl (C=O) groups excluding carboxylic acids is 1. The largest absolute Gasteiger partial charge is 0.421 e. The van der Waals surface area contributed by atoms with E-state index in [-0.39, 0.29) is 0 Å². The van der Waals surface area contributed by atoms with Crippen molar-refractivity contribution in [2.24, 2.45) is 11.8 Å². The number of alkyl halides is 3. The van der Waals surface area contributed by atoms with E-state index in [1.165, 1.54) is 12.6 Å². The van der Waals surface area contributed by atoms with Gasteiger partial charge in [-0.15, -0.1) is 0 Å². The van der Waals surface area contributed by atoms with E-state index in [1.807, 2.05) is 0 Å². The minimum absolute atomic E-state index is 0.409. The molecule has 140 valence electrons. The van der Waals surface area contributed by atoms with E-state index in [1.54, 1.807) is 0 Å². The van der Waals surface area contributed by atoms with Gasteiger partial charge in [-0.25, -0.2) is 0 Å². The van der Waals surface area contributed by atoms with Gasteiger partial charge in [-0.1, -0.05) is 13.8 Å². The summed E-state index contributed by atoms with van der Waals surface area (Å²) in [6, 6.07) is 1.84. The molecule has 1 amide bonds. The summed E-state index contributed by atoms with van der Waals surface area (Å²) >= 11 is 0. The third kappa shape index (κ3) is 5.59. The van der Waals surface area contributed by atoms with Gasteiger partial charge in [0, 0.05) is 32.4 Å². The Kier molecular flexibility index (Phi) is 6.26. The van der Waals surface area contributed by atoms with Crippen LogP contribution in [0.2, 0.25) is 0 Å². The molecule has 1 aliphatic heterocycles. The number of aromatic nitrogens is 1. The fourth-order valence-electron chi connectivity index (χ4n) is 3.42. The Morgan fingerprint density at radius 2 is 1.92 bits per heavy atom. The van der Waals surface area contributed by atoms with Crippen molar-refractivity contribution in [1.29, 1.82) is 0 Å². The smallest absolute Gasteiger partial charge is 0.353 e. The molecule has 0 bridgehead atoms. The number of halogens is 3. The van der Waals surface area contributed by atoms with Crippen molar-refractivity contribution in [2.75, 3.05) is 26.2 Å². The molecule has 1 N–H and O–H groups in total. The first kappa shape index (κ1) is 19.5. The van der Waals surface area contributed by atoms with E-state index in [9.17, 15) is 22.8 Å². The number of hydrogen-bond donors (Lipinski definition) is 1. The van der Waals surface area contributed by atoms with Crippen LogP contribution in [0.4, 0.5) is 13.2 Å². The summed E-state index contributed by atoms with van der Waals surface area (Å²) in [5, 5.41) is 2.67. The van der Waals surface area contributed by atoms with Gasteiger partial charge in [-0.2, -0.15) is 13.2 Å². The normalized spacial score (nSPS) is 22.0. The number of amides is 1. The molecule has 25 heavy (non-hydrogen) atoms. The molecule has 1 saturated heterocycles. The third-order valence-electron chi connectivity index (χ3n) is 4.33. The van der Waals surface area contributed by atoms with Crippen LogP contribution in [-0.4, -0.2) is 41.6 Å². The van der Waals surface area contributed by atoms with Gasteiger partial charge in [0.05, 0.1) is 0 Å². The molecule has 1 aliphatic rings. The highest BCUT2D eigenvalue weighted by Gasteiger charge is 2.34. The highest BCUT2D eigenvalue weighted by Crippen LogP contribution is 2.26. The molecule has 1 aromatic heterocycles. The molecule has 2 heterocycles. The average Bonchev–Trinajstić information content (AvgIpc) is 2.47. The van der Waals surface area contributed by atoms with E-state index in [0.29, 0.717) is 24.9 Å². The summed E-state index contributed by atoms with van der Waals surface area (Å²) in [5.74, 6) is 0.755. The molecule has 0 radical (unpaired) electrons. The summed E-state index contributed by atoms with van der Waals surface area (Å²) in [4.78, 5) is 26.0. The molecule has 0 aliphatic carbocycles. The number of likely N-dealkylation sites (tertiary alicyclic amines) is 1. The highest BCUT2D eigenvalue weighted by atomic mass is 19.4. The van der Waals surface area contributed by atoms with Gasteiger partial charge in [-0.3, -0.25) is 9.59 Å². The van der Waals surface area contributed by atoms with Crippen molar-refractivity contribution in [3.63, 3.8) is 0 Å². The summed E-state index contributed by atoms with van der Waals surface area (Å²) in [6.07, 6.45) is -2.34. The summed E-state index contributed by atoms with van der Waals surface area (Å²) < 4.78 is 38.9. The summed E-state index contributed by atoms with van der Waals surface area (Å²) in [6.45, 7) is 7.03. The standard InChI is InChI=1S/C17H24F3N3O2/c1-12-8-13(2)10-22(9-12)7-5-21-15(24)11-23-6-3-4-14(16(23)25)17(18,19)20/h3-4,6,12-13H,5,7-11H2,1-2H3,(H,21,24). The lowest BCUT2D eigenvalue weighted by Gasteiger charge is -2.34. The Morgan fingerprint density at radius 3 is 2.52 bits per heavy atom.